The Kier molecular flexibility index (Phi) is 9.55. The molecule has 0 atom stereocenters. The molecule has 0 aliphatic carbocycles. The number of hydrogen-bond donors (Lipinski definition) is 0. The monoisotopic (exact) mass is 552 g/mol. The number of rotatable bonds is 3. The molecule has 0 amide bonds. The second-order valence-corrected chi connectivity index (χ2v) is 8.57. The van der Waals surface area contributed by atoms with E-state index >= 15 is 0 Å². The Morgan fingerprint density at radius 1 is 0.405 bits per heavy atom. The minimum Gasteiger partial charge on any atom is -0.465 e. The molecule has 6 heteroatoms. The van der Waals surface area contributed by atoms with Gasteiger partial charge in [-0.15, -0.1) is 0 Å². The number of benzene rings is 4. The molecule has 0 aromatic heterocycles. The normalized spacial score (nSPS) is 9.50. The minimum absolute atomic E-state index is 0.0417. The van der Waals surface area contributed by atoms with Crippen molar-refractivity contribution >= 4 is 17.9 Å². The topological polar surface area (TPSA) is 78.9 Å². The average molecular weight is 553 g/mol. The number of esters is 3. The van der Waals surface area contributed by atoms with E-state index in [-0.39, 0.29) is 33.4 Å². The van der Waals surface area contributed by atoms with Gasteiger partial charge < -0.3 is 14.2 Å². The summed E-state index contributed by atoms with van der Waals surface area (Å²) < 4.78 is 15.3. The Balaban J connectivity index is 2.22. The summed E-state index contributed by atoms with van der Waals surface area (Å²) in [5.74, 6) is 15.2. The van der Waals surface area contributed by atoms with E-state index in [1.807, 2.05) is 18.2 Å². The van der Waals surface area contributed by atoms with E-state index in [1.54, 1.807) is 72.8 Å². The first-order valence-electron chi connectivity index (χ1n) is 12.7. The van der Waals surface area contributed by atoms with Crippen LogP contribution in [0.1, 0.15) is 64.5 Å². The summed E-state index contributed by atoms with van der Waals surface area (Å²) in [6.07, 6.45) is 0. The molecule has 4 aromatic rings. The fraction of sp³-hybridized carbons (Fsp3) is 0.0833. The number of hydrogen-bond acceptors (Lipinski definition) is 6. The van der Waals surface area contributed by atoms with Crippen LogP contribution in [0.25, 0.3) is 0 Å². The van der Waals surface area contributed by atoms with Gasteiger partial charge in [0, 0.05) is 16.7 Å². The molecule has 0 spiro atoms. The van der Waals surface area contributed by atoms with E-state index in [2.05, 4.69) is 35.5 Å². The highest BCUT2D eigenvalue weighted by Gasteiger charge is 2.33. The molecule has 0 heterocycles. The fourth-order valence-corrected chi connectivity index (χ4v) is 4.01. The molecule has 0 fully saturated rings. The molecule has 0 saturated heterocycles. The lowest BCUT2D eigenvalue weighted by Crippen LogP contribution is -2.21. The molecule has 42 heavy (non-hydrogen) atoms. The molecule has 0 radical (unpaired) electrons. The zero-order valence-corrected chi connectivity index (χ0v) is 23.1. The van der Waals surface area contributed by atoms with Crippen molar-refractivity contribution in [3.63, 3.8) is 0 Å². The first kappa shape index (κ1) is 29.0. The van der Waals surface area contributed by atoms with E-state index < -0.39 is 17.9 Å². The first-order chi connectivity index (χ1) is 20.5. The number of ether oxygens (including phenoxy) is 3. The van der Waals surface area contributed by atoms with E-state index in [0.29, 0.717) is 16.7 Å². The molecular formula is C36H24O6. The molecule has 0 aliphatic rings. The minimum atomic E-state index is -0.859. The maximum absolute atomic E-state index is 13.4. The Morgan fingerprint density at radius 2 is 0.643 bits per heavy atom. The maximum atomic E-state index is 13.4. The second kappa shape index (κ2) is 13.9. The third kappa shape index (κ3) is 6.57. The predicted molar refractivity (Wildman–Crippen MR) is 158 cm³/mol. The molecule has 0 N–H and O–H groups in total. The largest absolute Gasteiger partial charge is 0.465 e. The van der Waals surface area contributed by atoms with Gasteiger partial charge in [0.2, 0.25) is 0 Å². The standard InChI is InChI=1S/C36H24O6/c1-40-34(37)31-28(22-19-25-13-7-4-8-14-25)32(35(38)41-2)30(24-21-27-17-11-6-12-18-27)33(36(39)42-3)29(31)23-20-26-15-9-5-10-16-26/h4-18H,1-3H3. The summed E-state index contributed by atoms with van der Waals surface area (Å²) in [6, 6.07) is 27.0. The van der Waals surface area contributed by atoms with Crippen LogP contribution in [0.15, 0.2) is 91.0 Å². The van der Waals surface area contributed by atoms with Crippen molar-refractivity contribution in [1.82, 2.24) is 0 Å². The first-order valence-corrected chi connectivity index (χ1v) is 12.7. The van der Waals surface area contributed by atoms with Crippen LogP contribution in [0.2, 0.25) is 0 Å². The van der Waals surface area contributed by atoms with Crippen LogP contribution in [-0.4, -0.2) is 39.2 Å². The summed E-state index contributed by atoms with van der Waals surface area (Å²) in [4.78, 5) is 40.2. The van der Waals surface area contributed by atoms with Gasteiger partial charge in [0.15, 0.2) is 0 Å². The summed E-state index contributed by atoms with van der Waals surface area (Å²) in [5, 5.41) is 0. The van der Waals surface area contributed by atoms with Crippen LogP contribution in [0.3, 0.4) is 0 Å². The Bertz CT molecular complexity index is 1580. The number of carbonyl (C=O) groups is 3. The van der Waals surface area contributed by atoms with Crippen LogP contribution in [0.5, 0.6) is 0 Å². The third-order valence-corrected chi connectivity index (χ3v) is 5.99. The van der Waals surface area contributed by atoms with Crippen LogP contribution in [0.4, 0.5) is 0 Å². The number of carbonyl (C=O) groups excluding carboxylic acids is 3. The van der Waals surface area contributed by atoms with Crippen LogP contribution in [-0.2, 0) is 14.2 Å². The highest BCUT2D eigenvalue weighted by Crippen LogP contribution is 2.30. The smallest absolute Gasteiger partial charge is 0.340 e. The van der Waals surface area contributed by atoms with Crippen LogP contribution in [0, 0.1) is 35.5 Å². The Morgan fingerprint density at radius 3 is 0.857 bits per heavy atom. The van der Waals surface area contributed by atoms with Crippen LogP contribution >= 0.6 is 0 Å². The molecule has 0 aliphatic heterocycles. The predicted octanol–water partition coefficient (Wildman–Crippen LogP) is 5.25. The fourth-order valence-electron chi connectivity index (χ4n) is 4.01. The van der Waals surface area contributed by atoms with E-state index in [1.165, 1.54) is 21.3 Å². The molecule has 0 unspecified atom stereocenters. The highest BCUT2D eigenvalue weighted by molar-refractivity contribution is 6.09. The molecule has 0 bridgehead atoms. The Labute approximate surface area is 244 Å². The molecule has 6 nitrogen and oxygen atoms in total. The quantitative estimate of drug-likeness (QED) is 0.196. The van der Waals surface area contributed by atoms with Gasteiger partial charge in [-0.3, -0.25) is 0 Å². The lowest BCUT2D eigenvalue weighted by atomic mass is 9.86. The van der Waals surface area contributed by atoms with Gasteiger partial charge in [-0.2, -0.15) is 0 Å². The average Bonchev–Trinajstić information content (AvgIpc) is 3.05. The lowest BCUT2D eigenvalue weighted by Gasteiger charge is -2.17. The zero-order valence-electron chi connectivity index (χ0n) is 23.1. The highest BCUT2D eigenvalue weighted by atomic mass is 16.5. The van der Waals surface area contributed by atoms with Crippen molar-refractivity contribution < 1.29 is 28.6 Å². The van der Waals surface area contributed by atoms with Crippen molar-refractivity contribution in [3.05, 3.63) is 141 Å². The van der Waals surface area contributed by atoms with E-state index in [9.17, 15) is 14.4 Å². The molecule has 4 aromatic carbocycles. The van der Waals surface area contributed by atoms with Crippen molar-refractivity contribution in [2.24, 2.45) is 0 Å². The summed E-state index contributed by atoms with van der Waals surface area (Å²) >= 11 is 0. The summed E-state index contributed by atoms with van der Waals surface area (Å²) in [7, 11) is 3.55. The van der Waals surface area contributed by atoms with Crippen molar-refractivity contribution in [2.45, 2.75) is 0 Å². The molecular weight excluding hydrogens is 528 g/mol. The van der Waals surface area contributed by atoms with Gasteiger partial charge in [0.05, 0.1) is 54.7 Å². The lowest BCUT2D eigenvalue weighted by molar-refractivity contribution is 0.0596. The molecule has 4 rings (SSSR count). The SMILES string of the molecule is COC(=O)c1c(C#Cc2ccccc2)c(C(=O)OC)c(C#Cc2ccccc2)c(C(=O)OC)c1C#Cc1ccccc1. The van der Waals surface area contributed by atoms with Crippen molar-refractivity contribution in [3.8, 4) is 35.5 Å². The molecule has 0 saturated carbocycles. The zero-order chi connectivity index (χ0) is 29.9. The summed E-state index contributed by atoms with van der Waals surface area (Å²) in [6.45, 7) is 0. The van der Waals surface area contributed by atoms with Crippen molar-refractivity contribution in [1.29, 1.82) is 0 Å². The van der Waals surface area contributed by atoms with Crippen molar-refractivity contribution in [2.75, 3.05) is 21.3 Å². The van der Waals surface area contributed by atoms with Gasteiger partial charge in [-0.1, -0.05) is 90.1 Å². The van der Waals surface area contributed by atoms with Crippen LogP contribution < -0.4 is 0 Å². The van der Waals surface area contributed by atoms with Gasteiger partial charge in [-0.05, 0) is 36.4 Å². The van der Waals surface area contributed by atoms with E-state index in [4.69, 9.17) is 14.2 Å². The maximum Gasteiger partial charge on any atom is 0.340 e. The van der Waals surface area contributed by atoms with Gasteiger partial charge in [0.25, 0.3) is 0 Å². The van der Waals surface area contributed by atoms with Gasteiger partial charge >= 0.3 is 17.9 Å². The molecule has 204 valence electrons. The van der Waals surface area contributed by atoms with Gasteiger partial charge in [-0.25, -0.2) is 14.4 Å². The van der Waals surface area contributed by atoms with Gasteiger partial charge in [0.1, 0.15) is 0 Å². The van der Waals surface area contributed by atoms with E-state index in [0.717, 1.165) is 0 Å². The third-order valence-electron chi connectivity index (χ3n) is 5.99. The number of methoxy groups -OCH3 is 3. The second-order valence-electron chi connectivity index (χ2n) is 8.57. The Hall–Kier alpha value is -6.03. The summed E-state index contributed by atoms with van der Waals surface area (Å²) in [5.41, 5.74) is 1.18.